The summed E-state index contributed by atoms with van der Waals surface area (Å²) in [7, 11) is -0.505. The number of carbonyl (C=O) groups excluding carboxylic acids is 1. The van der Waals surface area contributed by atoms with Gasteiger partial charge >= 0.3 is 11.9 Å². The molecule has 0 aromatic rings. The molecule has 3 atom stereocenters. The van der Waals surface area contributed by atoms with Crippen molar-refractivity contribution in [2.45, 2.75) is 25.5 Å². The summed E-state index contributed by atoms with van der Waals surface area (Å²) in [6, 6.07) is -0.850. The molecule has 0 saturated heterocycles. The maximum Gasteiger partial charge on any atom is 0.332 e. The zero-order chi connectivity index (χ0) is 15.5. The molecule has 10 heteroatoms. The van der Waals surface area contributed by atoms with Gasteiger partial charge in [0.15, 0.2) is 0 Å². The number of carboxylic acid groups (broad SMARTS) is 1. The number of aliphatic carboxylic acids is 1. The van der Waals surface area contributed by atoms with Gasteiger partial charge in [-0.3, -0.25) is 15.7 Å². The number of ether oxygens (including phenoxy) is 2. The van der Waals surface area contributed by atoms with Crippen LogP contribution in [-0.2, 0) is 19.1 Å². The van der Waals surface area contributed by atoms with Gasteiger partial charge in [0.25, 0.3) is 0 Å². The molecular weight excluding hydrogens is 354 g/mol. The summed E-state index contributed by atoms with van der Waals surface area (Å²) in [4.78, 5) is 21.6. The van der Waals surface area contributed by atoms with Crippen molar-refractivity contribution in [3.8, 4) is 0 Å². The van der Waals surface area contributed by atoms with Crippen molar-refractivity contribution in [3.05, 3.63) is 0 Å². The van der Waals surface area contributed by atoms with Crippen LogP contribution in [0.4, 0.5) is 0 Å². The first kappa shape index (κ1) is 26.7. The van der Waals surface area contributed by atoms with Crippen molar-refractivity contribution in [1.82, 2.24) is 0 Å². The molecule has 0 saturated carbocycles. The molecule has 0 aliphatic heterocycles. The van der Waals surface area contributed by atoms with Crippen LogP contribution in [0.15, 0.2) is 0 Å². The van der Waals surface area contributed by atoms with Crippen LogP contribution in [0.5, 0.6) is 0 Å². The smallest absolute Gasteiger partial charge is 0.332 e. The summed E-state index contributed by atoms with van der Waals surface area (Å²) in [5, 5.41) is 18.4. The summed E-state index contributed by atoms with van der Waals surface area (Å²) >= 11 is 0. The second-order valence-electron chi connectivity index (χ2n) is 4.47. The van der Waals surface area contributed by atoms with Gasteiger partial charge in [0.1, 0.15) is 12.6 Å². The Labute approximate surface area is 147 Å². The number of carboxylic acids is 1. The topological polar surface area (TPSA) is 119 Å². The Morgan fingerprint density at radius 2 is 1.95 bits per heavy atom. The fourth-order valence-corrected chi connectivity index (χ4v) is 3.19. The highest BCUT2D eigenvalue weighted by Crippen LogP contribution is 2.22. The van der Waals surface area contributed by atoms with Crippen LogP contribution in [0, 0.1) is 0 Å². The lowest BCUT2D eigenvalue weighted by Crippen LogP contribution is -2.31. The minimum Gasteiger partial charge on any atom is -0.480 e. The molecule has 7 nitrogen and oxygen atoms in total. The average molecular weight is 382 g/mol. The average Bonchev–Trinajstić information content (AvgIpc) is 2.35. The lowest BCUT2D eigenvalue weighted by Gasteiger charge is -2.20. The summed E-state index contributed by atoms with van der Waals surface area (Å²) in [5.74, 6) is -0.250. The maximum atomic E-state index is 11.0. The Hall–Kier alpha value is -0.190. The molecule has 0 heterocycles. The molecule has 0 bridgehead atoms. The third kappa shape index (κ3) is 14.7. The zero-order valence-corrected chi connectivity index (χ0v) is 15.6. The third-order valence-electron chi connectivity index (χ3n) is 2.50. The molecule has 2 unspecified atom stereocenters. The molecule has 0 aliphatic rings. The Bertz CT molecular complexity index is 311. The van der Waals surface area contributed by atoms with Gasteiger partial charge in [0.2, 0.25) is 0 Å². The first-order valence-electron chi connectivity index (χ1n) is 6.45. The largest absolute Gasteiger partial charge is 0.480 e. The molecule has 22 heavy (non-hydrogen) atoms. The molecule has 0 radical (unpaired) electrons. The Balaban J connectivity index is -0.00000180. The SMILES string of the molecule is CCOC(=O)COCC(O)C[SH](C)CC[C@H](N)C(=O)O.Cl.S. The number of esters is 1. The number of aliphatic hydroxyl groups excluding tert-OH is 1. The van der Waals surface area contributed by atoms with Crippen molar-refractivity contribution in [2.75, 3.05) is 37.6 Å². The predicted octanol–water partition coefficient (Wildman–Crippen LogP) is -0.105. The quantitative estimate of drug-likeness (QED) is 0.291. The molecule has 0 amide bonds. The van der Waals surface area contributed by atoms with Crippen LogP contribution in [0.1, 0.15) is 13.3 Å². The third-order valence-corrected chi connectivity index (χ3v) is 4.56. The monoisotopic (exact) mass is 381 g/mol. The highest BCUT2D eigenvalue weighted by molar-refractivity contribution is 8.16. The lowest BCUT2D eigenvalue weighted by molar-refractivity contribution is -0.149. The van der Waals surface area contributed by atoms with Crippen molar-refractivity contribution >= 4 is 48.7 Å². The van der Waals surface area contributed by atoms with E-state index in [-0.39, 0.29) is 39.1 Å². The van der Waals surface area contributed by atoms with Crippen LogP contribution in [0.3, 0.4) is 0 Å². The van der Waals surface area contributed by atoms with E-state index in [0.29, 0.717) is 24.5 Å². The van der Waals surface area contributed by atoms with E-state index < -0.39 is 35.0 Å². The lowest BCUT2D eigenvalue weighted by atomic mass is 10.2. The van der Waals surface area contributed by atoms with Crippen LogP contribution in [-0.4, -0.2) is 71.9 Å². The number of carbonyl (C=O) groups is 2. The summed E-state index contributed by atoms with van der Waals surface area (Å²) < 4.78 is 9.72. The first-order valence-corrected chi connectivity index (χ1v) is 8.61. The number of thiol groups is 1. The number of hydrogen-bond donors (Lipinski definition) is 4. The molecule has 4 N–H and O–H groups in total. The number of rotatable bonds is 11. The van der Waals surface area contributed by atoms with Gasteiger partial charge in [-0.1, -0.05) is 0 Å². The van der Waals surface area contributed by atoms with Crippen molar-refractivity contribution < 1.29 is 29.3 Å². The van der Waals surface area contributed by atoms with Gasteiger partial charge in [-0.15, -0.1) is 12.4 Å². The molecule has 0 fully saturated rings. The molecule has 0 aromatic carbocycles. The van der Waals surface area contributed by atoms with Crippen molar-refractivity contribution in [3.63, 3.8) is 0 Å². The fraction of sp³-hybridized carbons (Fsp3) is 0.833. The van der Waals surface area contributed by atoms with E-state index >= 15 is 0 Å². The van der Waals surface area contributed by atoms with Crippen molar-refractivity contribution in [2.24, 2.45) is 5.73 Å². The normalized spacial score (nSPS) is 14.8. The van der Waals surface area contributed by atoms with E-state index in [0.717, 1.165) is 0 Å². The van der Waals surface area contributed by atoms with E-state index in [9.17, 15) is 14.7 Å². The predicted molar refractivity (Wildman–Crippen MR) is 96.0 cm³/mol. The molecule has 0 aromatic heterocycles. The minimum atomic E-state index is -1.01. The number of nitrogens with two attached hydrogens (primary N) is 1. The van der Waals surface area contributed by atoms with Gasteiger partial charge in [0.05, 0.1) is 19.3 Å². The number of hydrogen-bond acceptors (Lipinski definition) is 6. The second-order valence-corrected chi connectivity index (χ2v) is 6.99. The summed E-state index contributed by atoms with van der Waals surface area (Å²) in [5.41, 5.74) is 5.41. The van der Waals surface area contributed by atoms with Crippen LogP contribution >= 0.6 is 36.8 Å². The van der Waals surface area contributed by atoms with Crippen molar-refractivity contribution in [1.29, 1.82) is 0 Å². The summed E-state index contributed by atoms with van der Waals surface area (Å²) in [6.45, 7) is 1.90. The number of halogens is 1. The highest BCUT2D eigenvalue weighted by Gasteiger charge is 2.14. The van der Waals surface area contributed by atoms with E-state index in [4.69, 9.17) is 15.6 Å². The Morgan fingerprint density at radius 3 is 2.45 bits per heavy atom. The highest BCUT2D eigenvalue weighted by atomic mass is 35.5. The molecule has 0 aliphatic carbocycles. The molecule has 136 valence electrons. The minimum absolute atomic E-state index is 0. The van der Waals surface area contributed by atoms with Gasteiger partial charge in [-0.2, -0.15) is 13.5 Å². The van der Waals surface area contributed by atoms with Gasteiger partial charge in [0, 0.05) is 5.75 Å². The van der Waals surface area contributed by atoms with Crippen LogP contribution in [0.2, 0.25) is 0 Å². The standard InChI is InChI=1S/C12H25NO6S.ClH.H2S/c1-3-19-11(15)7-18-6-9(14)8-20(2)5-4-10(13)12(16)17;;/h9-10,14,20H,3-8,13H2,1-2H3,(H,16,17);1H;1H2/t9?,10-;;/m0../s1. The van der Waals surface area contributed by atoms with Gasteiger partial charge < -0.3 is 25.4 Å². The fourth-order valence-electron chi connectivity index (χ4n) is 1.47. The first-order chi connectivity index (χ1) is 9.36. The Morgan fingerprint density at radius 1 is 1.36 bits per heavy atom. The van der Waals surface area contributed by atoms with Crippen LogP contribution < -0.4 is 5.73 Å². The van der Waals surface area contributed by atoms with Crippen LogP contribution in [0.25, 0.3) is 0 Å². The van der Waals surface area contributed by atoms with Gasteiger partial charge in [-0.05, 0) is 25.4 Å². The summed E-state index contributed by atoms with van der Waals surface area (Å²) in [6.07, 6.45) is 1.70. The van der Waals surface area contributed by atoms with E-state index in [1.807, 2.05) is 6.26 Å². The van der Waals surface area contributed by atoms with E-state index in [1.54, 1.807) is 6.92 Å². The second kappa shape index (κ2) is 15.7. The molecule has 0 spiro atoms. The maximum absolute atomic E-state index is 11.0. The number of aliphatic hydroxyl groups is 1. The van der Waals surface area contributed by atoms with E-state index in [2.05, 4.69) is 4.74 Å². The zero-order valence-electron chi connectivity index (χ0n) is 12.9. The van der Waals surface area contributed by atoms with E-state index in [1.165, 1.54) is 0 Å². The Kier molecular flexibility index (Phi) is 19.0. The van der Waals surface area contributed by atoms with Gasteiger partial charge in [-0.25, -0.2) is 4.79 Å². The molecular formula is C12H28ClNO6S2. The molecule has 0 rings (SSSR count).